The summed E-state index contributed by atoms with van der Waals surface area (Å²) < 4.78 is 17.0. The summed E-state index contributed by atoms with van der Waals surface area (Å²) in [5, 5.41) is 0. The van der Waals surface area contributed by atoms with E-state index in [0.717, 1.165) is 51.3 Å². The zero-order chi connectivity index (χ0) is 18.1. The molecular formula is C20H26N2O4. The van der Waals surface area contributed by atoms with E-state index in [4.69, 9.17) is 13.6 Å². The molecule has 0 radical (unpaired) electrons. The van der Waals surface area contributed by atoms with Crippen LogP contribution in [0.15, 0.2) is 39.6 Å². The van der Waals surface area contributed by atoms with Gasteiger partial charge in [0.05, 0.1) is 36.8 Å². The first-order valence-corrected chi connectivity index (χ1v) is 9.26. The van der Waals surface area contributed by atoms with Gasteiger partial charge in [-0.15, -0.1) is 0 Å². The summed E-state index contributed by atoms with van der Waals surface area (Å²) in [5.41, 5.74) is 0.578. The number of hydrogen-bond donors (Lipinski definition) is 0. The Morgan fingerprint density at radius 3 is 2.73 bits per heavy atom. The van der Waals surface area contributed by atoms with E-state index in [9.17, 15) is 4.79 Å². The number of hydrogen-bond acceptors (Lipinski definition) is 5. The van der Waals surface area contributed by atoms with Crippen LogP contribution in [0, 0.1) is 6.92 Å². The van der Waals surface area contributed by atoms with Gasteiger partial charge in [0.25, 0.3) is 5.91 Å². The fourth-order valence-corrected chi connectivity index (χ4v) is 4.12. The number of carbonyl (C=O) groups excluding carboxylic acids is 1. The van der Waals surface area contributed by atoms with Gasteiger partial charge in [-0.05, 0) is 51.4 Å². The topological polar surface area (TPSA) is 59.1 Å². The summed E-state index contributed by atoms with van der Waals surface area (Å²) in [6.07, 6.45) is 6.08. The number of rotatable bonds is 4. The third-order valence-corrected chi connectivity index (χ3v) is 5.85. The van der Waals surface area contributed by atoms with Crippen molar-refractivity contribution < 1.29 is 18.4 Å². The number of nitrogens with zero attached hydrogens (tertiary/aromatic N) is 2. The Hall–Kier alpha value is -2.05. The maximum Gasteiger partial charge on any atom is 0.257 e. The molecule has 2 fully saturated rings. The number of likely N-dealkylation sites (tertiary alicyclic amines) is 1. The number of ether oxygens (including phenoxy) is 1. The van der Waals surface area contributed by atoms with Crippen LogP contribution in [-0.4, -0.2) is 54.1 Å². The van der Waals surface area contributed by atoms with Crippen molar-refractivity contribution in [1.82, 2.24) is 9.80 Å². The fraction of sp³-hybridized carbons (Fsp3) is 0.550. The van der Waals surface area contributed by atoms with E-state index in [0.29, 0.717) is 17.4 Å². The molecule has 0 aliphatic carbocycles. The Bertz CT molecular complexity index is 744. The first kappa shape index (κ1) is 17.4. The Kier molecular flexibility index (Phi) is 4.63. The Morgan fingerprint density at radius 2 is 2.08 bits per heavy atom. The molecule has 1 atom stereocenters. The first-order chi connectivity index (χ1) is 12.6. The molecule has 26 heavy (non-hydrogen) atoms. The van der Waals surface area contributed by atoms with Gasteiger partial charge in [-0.3, -0.25) is 9.69 Å². The molecule has 2 aromatic rings. The standard InChI is InChI=1S/C20H26N2O4/c1-15-18(5-11-24-15)19(23)22-8-6-20(7-9-22)12-16(14-26-20)21(2)13-17-4-3-10-25-17/h3-5,10-11,16H,6-9,12-14H2,1-2H3. The van der Waals surface area contributed by atoms with Crippen LogP contribution in [0.5, 0.6) is 0 Å². The highest BCUT2D eigenvalue weighted by molar-refractivity contribution is 5.95. The molecule has 4 heterocycles. The van der Waals surface area contributed by atoms with Crippen LogP contribution in [0.4, 0.5) is 0 Å². The van der Waals surface area contributed by atoms with E-state index < -0.39 is 0 Å². The molecule has 0 aromatic carbocycles. The van der Waals surface area contributed by atoms with E-state index in [1.54, 1.807) is 18.6 Å². The van der Waals surface area contributed by atoms with Gasteiger partial charge < -0.3 is 18.5 Å². The van der Waals surface area contributed by atoms with Crippen molar-refractivity contribution in [2.45, 2.75) is 44.4 Å². The van der Waals surface area contributed by atoms with Crippen LogP contribution >= 0.6 is 0 Å². The van der Waals surface area contributed by atoms with Gasteiger partial charge in [0.15, 0.2) is 0 Å². The highest BCUT2D eigenvalue weighted by Crippen LogP contribution is 2.38. The molecule has 1 spiro atoms. The molecule has 0 bridgehead atoms. The van der Waals surface area contributed by atoms with Crippen LogP contribution in [0.1, 0.15) is 41.1 Å². The second-order valence-electron chi connectivity index (χ2n) is 7.53. The van der Waals surface area contributed by atoms with Crippen molar-refractivity contribution in [2.24, 2.45) is 0 Å². The number of furan rings is 2. The van der Waals surface area contributed by atoms with Crippen LogP contribution in [0.2, 0.25) is 0 Å². The second kappa shape index (κ2) is 6.93. The highest BCUT2D eigenvalue weighted by Gasteiger charge is 2.44. The third-order valence-electron chi connectivity index (χ3n) is 5.85. The van der Waals surface area contributed by atoms with Crippen molar-refractivity contribution in [1.29, 1.82) is 0 Å². The normalized spacial score (nSPS) is 22.4. The molecule has 140 valence electrons. The van der Waals surface area contributed by atoms with Crippen molar-refractivity contribution >= 4 is 5.91 Å². The van der Waals surface area contributed by atoms with Crippen LogP contribution in [0.3, 0.4) is 0 Å². The largest absolute Gasteiger partial charge is 0.469 e. The zero-order valence-electron chi connectivity index (χ0n) is 15.4. The predicted molar refractivity (Wildman–Crippen MR) is 95.8 cm³/mol. The molecule has 4 rings (SSSR count). The van der Waals surface area contributed by atoms with Crippen LogP contribution < -0.4 is 0 Å². The lowest BCUT2D eigenvalue weighted by Crippen LogP contribution is -2.47. The number of likely N-dealkylation sites (N-methyl/N-ethyl adjacent to an activating group) is 1. The van der Waals surface area contributed by atoms with Gasteiger partial charge in [0.2, 0.25) is 0 Å². The first-order valence-electron chi connectivity index (χ1n) is 9.26. The summed E-state index contributed by atoms with van der Waals surface area (Å²) in [7, 11) is 2.12. The van der Waals surface area contributed by atoms with Crippen LogP contribution in [-0.2, 0) is 11.3 Å². The Labute approximate surface area is 153 Å². The Morgan fingerprint density at radius 1 is 1.27 bits per heavy atom. The minimum absolute atomic E-state index is 0.0654. The van der Waals surface area contributed by atoms with E-state index in [1.165, 1.54) is 0 Å². The van der Waals surface area contributed by atoms with Crippen molar-refractivity contribution in [3.63, 3.8) is 0 Å². The van der Waals surface area contributed by atoms with Gasteiger partial charge in [0.1, 0.15) is 11.5 Å². The molecule has 2 saturated heterocycles. The van der Waals surface area contributed by atoms with Gasteiger partial charge in [-0.2, -0.15) is 0 Å². The maximum absolute atomic E-state index is 12.6. The lowest BCUT2D eigenvalue weighted by molar-refractivity contribution is -0.0393. The van der Waals surface area contributed by atoms with E-state index in [1.807, 2.05) is 24.0 Å². The van der Waals surface area contributed by atoms with Crippen molar-refractivity contribution in [3.8, 4) is 0 Å². The number of aryl methyl sites for hydroxylation is 1. The lowest BCUT2D eigenvalue weighted by atomic mass is 9.87. The fourth-order valence-electron chi connectivity index (χ4n) is 4.12. The molecule has 2 aliphatic rings. The highest BCUT2D eigenvalue weighted by atomic mass is 16.5. The third kappa shape index (κ3) is 3.31. The molecule has 0 N–H and O–H groups in total. The summed E-state index contributed by atoms with van der Waals surface area (Å²) >= 11 is 0. The van der Waals surface area contributed by atoms with Gasteiger partial charge in [0, 0.05) is 19.1 Å². The monoisotopic (exact) mass is 358 g/mol. The molecule has 6 nitrogen and oxygen atoms in total. The summed E-state index contributed by atoms with van der Waals surface area (Å²) in [6.45, 7) is 4.84. The minimum atomic E-state index is -0.0929. The predicted octanol–water partition coefficient (Wildman–Crippen LogP) is 3.08. The van der Waals surface area contributed by atoms with Gasteiger partial charge in [-0.1, -0.05) is 0 Å². The molecule has 1 amide bonds. The van der Waals surface area contributed by atoms with E-state index in [-0.39, 0.29) is 11.5 Å². The quantitative estimate of drug-likeness (QED) is 0.841. The summed E-state index contributed by atoms with van der Waals surface area (Å²) in [4.78, 5) is 16.9. The zero-order valence-corrected chi connectivity index (χ0v) is 15.4. The molecule has 6 heteroatoms. The Balaban J connectivity index is 1.33. The number of piperidine rings is 1. The molecule has 2 aromatic heterocycles. The van der Waals surface area contributed by atoms with Crippen molar-refractivity contribution in [2.75, 3.05) is 26.7 Å². The maximum atomic E-state index is 12.6. The summed E-state index contributed by atoms with van der Waals surface area (Å²) in [5.74, 6) is 1.73. The number of amides is 1. The number of carbonyl (C=O) groups is 1. The van der Waals surface area contributed by atoms with E-state index >= 15 is 0 Å². The molecular weight excluding hydrogens is 332 g/mol. The lowest BCUT2D eigenvalue weighted by Gasteiger charge is -2.39. The smallest absolute Gasteiger partial charge is 0.257 e. The second-order valence-corrected chi connectivity index (χ2v) is 7.53. The van der Waals surface area contributed by atoms with Gasteiger partial charge in [-0.25, -0.2) is 0 Å². The molecule has 0 saturated carbocycles. The van der Waals surface area contributed by atoms with E-state index in [2.05, 4.69) is 11.9 Å². The SMILES string of the molecule is Cc1occc1C(=O)N1CCC2(CC1)CC(N(C)Cc1ccco1)CO2. The van der Waals surface area contributed by atoms with Crippen LogP contribution in [0.25, 0.3) is 0 Å². The minimum Gasteiger partial charge on any atom is -0.469 e. The molecule has 1 unspecified atom stereocenters. The molecule has 2 aliphatic heterocycles. The van der Waals surface area contributed by atoms with Crippen molar-refractivity contribution in [3.05, 3.63) is 47.8 Å². The average molecular weight is 358 g/mol. The summed E-state index contributed by atoms with van der Waals surface area (Å²) in [6, 6.07) is 6.07. The van der Waals surface area contributed by atoms with Gasteiger partial charge >= 0.3 is 0 Å². The average Bonchev–Trinajstić information content (AvgIpc) is 3.37.